The lowest BCUT2D eigenvalue weighted by molar-refractivity contribution is -0.167. The number of hydrogen-bond donors (Lipinski definition) is 0. The summed E-state index contributed by atoms with van der Waals surface area (Å²) < 4.78 is 16.7. The standard InChI is InChI=1S/C51H92O6/c1-4-7-10-13-16-19-22-23-24-25-26-27-28-29-30-33-35-38-41-44-50(53)56-47-48(57-51(54)45-42-39-36-32-21-18-15-12-9-6-3)46-55-49(52)43-40-37-34-31-20-17-14-11-8-5-2/h14-15,17-18,25-26,48H,4-13,16,19-24,27-47H2,1-3H3/b17-14-,18-15-,26-25-. The largest absolute Gasteiger partial charge is 0.462 e. The molecule has 1 unspecified atom stereocenters. The maximum atomic E-state index is 12.7. The quantitative estimate of drug-likeness (QED) is 0.0264. The number of carbonyl (C=O) groups excluding carboxylic acids is 3. The summed E-state index contributed by atoms with van der Waals surface area (Å²) in [5, 5.41) is 0. The third-order valence-corrected chi connectivity index (χ3v) is 10.6. The molecule has 0 heterocycles. The predicted molar refractivity (Wildman–Crippen MR) is 242 cm³/mol. The van der Waals surface area contributed by atoms with Crippen molar-refractivity contribution < 1.29 is 28.6 Å². The van der Waals surface area contributed by atoms with Gasteiger partial charge in [-0.15, -0.1) is 0 Å². The molecule has 0 rings (SSSR count). The Morgan fingerprint density at radius 3 is 0.930 bits per heavy atom. The van der Waals surface area contributed by atoms with Gasteiger partial charge in [0.05, 0.1) is 0 Å². The Balaban J connectivity index is 4.28. The van der Waals surface area contributed by atoms with Crippen LogP contribution in [0.2, 0.25) is 0 Å². The van der Waals surface area contributed by atoms with E-state index in [-0.39, 0.29) is 31.1 Å². The summed E-state index contributed by atoms with van der Waals surface area (Å²) in [6.07, 6.45) is 52.8. The molecule has 0 N–H and O–H groups in total. The van der Waals surface area contributed by atoms with Crippen LogP contribution in [0.5, 0.6) is 0 Å². The highest BCUT2D eigenvalue weighted by Crippen LogP contribution is 2.14. The van der Waals surface area contributed by atoms with Crippen molar-refractivity contribution in [1.82, 2.24) is 0 Å². The van der Waals surface area contributed by atoms with Crippen LogP contribution in [0, 0.1) is 0 Å². The molecule has 0 aromatic heterocycles. The lowest BCUT2D eigenvalue weighted by Crippen LogP contribution is -2.30. The van der Waals surface area contributed by atoms with Crippen LogP contribution in [0.4, 0.5) is 0 Å². The van der Waals surface area contributed by atoms with Gasteiger partial charge >= 0.3 is 17.9 Å². The maximum absolute atomic E-state index is 12.7. The van der Waals surface area contributed by atoms with Crippen molar-refractivity contribution in [2.24, 2.45) is 0 Å². The maximum Gasteiger partial charge on any atom is 0.306 e. The van der Waals surface area contributed by atoms with Crippen molar-refractivity contribution in [3.63, 3.8) is 0 Å². The first-order valence-corrected chi connectivity index (χ1v) is 24.5. The molecule has 0 saturated carbocycles. The second-order valence-corrected chi connectivity index (χ2v) is 16.4. The van der Waals surface area contributed by atoms with E-state index in [1.165, 1.54) is 116 Å². The Bertz CT molecular complexity index is 969. The molecule has 0 saturated heterocycles. The van der Waals surface area contributed by atoms with Crippen LogP contribution in [0.1, 0.15) is 252 Å². The number of unbranched alkanes of at least 4 members (excludes halogenated alkanes) is 27. The Morgan fingerprint density at radius 1 is 0.333 bits per heavy atom. The number of allylic oxidation sites excluding steroid dienone is 6. The van der Waals surface area contributed by atoms with E-state index < -0.39 is 6.10 Å². The van der Waals surface area contributed by atoms with Gasteiger partial charge in [0.2, 0.25) is 0 Å². The highest BCUT2D eigenvalue weighted by atomic mass is 16.6. The number of rotatable bonds is 44. The molecule has 0 fully saturated rings. The zero-order chi connectivity index (χ0) is 41.5. The van der Waals surface area contributed by atoms with Gasteiger partial charge in [-0.05, 0) is 83.5 Å². The zero-order valence-corrected chi connectivity index (χ0v) is 37.9. The van der Waals surface area contributed by atoms with Crippen molar-refractivity contribution in [3.8, 4) is 0 Å². The highest BCUT2D eigenvalue weighted by Gasteiger charge is 2.19. The molecule has 1 atom stereocenters. The van der Waals surface area contributed by atoms with E-state index in [1.54, 1.807) is 0 Å². The molecule has 0 amide bonds. The Kier molecular flexibility index (Phi) is 44.4. The van der Waals surface area contributed by atoms with Gasteiger partial charge in [0.25, 0.3) is 0 Å². The first-order valence-electron chi connectivity index (χ1n) is 24.5. The second-order valence-electron chi connectivity index (χ2n) is 16.4. The summed E-state index contributed by atoms with van der Waals surface area (Å²) in [5.41, 5.74) is 0. The minimum atomic E-state index is -0.780. The molecule has 0 aromatic rings. The van der Waals surface area contributed by atoms with E-state index in [2.05, 4.69) is 57.2 Å². The topological polar surface area (TPSA) is 78.9 Å². The summed E-state index contributed by atoms with van der Waals surface area (Å²) in [7, 11) is 0. The smallest absolute Gasteiger partial charge is 0.306 e. The molecule has 0 aliphatic carbocycles. The molecule has 332 valence electrons. The SMILES string of the molecule is CCCC/C=C\CCCCCCC(=O)OCC(COC(=O)CCCCCCCCC/C=C\CCCCCCCCCC)OC(=O)CCCCCC/C=C\CCCC. The van der Waals surface area contributed by atoms with Crippen LogP contribution in [0.15, 0.2) is 36.5 Å². The monoisotopic (exact) mass is 801 g/mol. The lowest BCUT2D eigenvalue weighted by atomic mass is 10.1. The Hall–Kier alpha value is -2.37. The summed E-state index contributed by atoms with van der Waals surface area (Å²) in [6, 6.07) is 0. The average Bonchev–Trinajstić information content (AvgIpc) is 3.21. The van der Waals surface area contributed by atoms with E-state index in [0.717, 1.165) is 96.3 Å². The van der Waals surface area contributed by atoms with Crippen molar-refractivity contribution in [3.05, 3.63) is 36.5 Å². The van der Waals surface area contributed by atoms with Crippen molar-refractivity contribution in [1.29, 1.82) is 0 Å². The minimum Gasteiger partial charge on any atom is -0.462 e. The van der Waals surface area contributed by atoms with Crippen LogP contribution in [-0.4, -0.2) is 37.2 Å². The van der Waals surface area contributed by atoms with Gasteiger partial charge in [-0.25, -0.2) is 0 Å². The van der Waals surface area contributed by atoms with Crippen molar-refractivity contribution >= 4 is 17.9 Å². The van der Waals surface area contributed by atoms with E-state index in [4.69, 9.17) is 14.2 Å². The summed E-state index contributed by atoms with van der Waals surface area (Å²) in [5.74, 6) is -0.911. The van der Waals surface area contributed by atoms with Gasteiger partial charge < -0.3 is 14.2 Å². The first-order chi connectivity index (χ1) is 28.0. The molecule has 6 nitrogen and oxygen atoms in total. The van der Waals surface area contributed by atoms with Crippen LogP contribution in [0.25, 0.3) is 0 Å². The minimum absolute atomic E-state index is 0.0818. The van der Waals surface area contributed by atoms with E-state index in [0.29, 0.717) is 19.3 Å². The molecule has 0 bridgehead atoms. The third-order valence-electron chi connectivity index (χ3n) is 10.6. The lowest BCUT2D eigenvalue weighted by Gasteiger charge is -2.18. The van der Waals surface area contributed by atoms with Crippen LogP contribution in [0.3, 0.4) is 0 Å². The summed E-state index contributed by atoms with van der Waals surface area (Å²) >= 11 is 0. The third kappa shape index (κ3) is 44.6. The van der Waals surface area contributed by atoms with Gasteiger partial charge in [0.1, 0.15) is 13.2 Å². The number of hydrogen-bond acceptors (Lipinski definition) is 6. The van der Waals surface area contributed by atoms with Crippen LogP contribution >= 0.6 is 0 Å². The molecule has 0 aromatic carbocycles. The molecular weight excluding hydrogens is 709 g/mol. The number of ether oxygens (including phenoxy) is 3. The number of carbonyl (C=O) groups is 3. The van der Waals surface area contributed by atoms with Crippen molar-refractivity contribution in [2.45, 2.75) is 258 Å². The van der Waals surface area contributed by atoms with Gasteiger partial charge in [-0.2, -0.15) is 0 Å². The average molecular weight is 801 g/mol. The van der Waals surface area contributed by atoms with E-state index in [1.807, 2.05) is 0 Å². The predicted octanol–water partition coefficient (Wildman–Crippen LogP) is 15.8. The van der Waals surface area contributed by atoms with E-state index >= 15 is 0 Å². The fraction of sp³-hybridized carbons (Fsp3) is 0.824. The van der Waals surface area contributed by atoms with Gasteiger partial charge in [-0.3, -0.25) is 14.4 Å². The van der Waals surface area contributed by atoms with E-state index in [9.17, 15) is 14.4 Å². The molecule has 57 heavy (non-hydrogen) atoms. The van der Waals surface area contributed by atoms with Gasteiger partial charge in [-0.1, -0.05) is 186 Å². The normalized spacial score (nSPS) is 12.3. The molecule has 0 aliphatic rings. The molecule has 6 heteroatoms. The van der Waals surface area contributed by atoms with Crippen LogP contribution in [-0.2, 0) is 28.6 Å². The molecule has 0 radical (unpaired) electrons. The second kappa shape index (κ2) is 46.3. The fourth-order valence-corrected chi connectivity index (χ4v) is 6.81. The molecular formula is C51H92O6. The Labute approximate surface area is 353 Å². The fourth-order valence-electron chi connectivity index (χ4n) is 6.81. The Morgan fingerprint density at radius 2 is 0.596 bits per heavy atom. The molecule has 0 aliphatic heterocycles. The summed E-state index contributed by atoms with van der Waals surface area (Å²) in [4.78, 5) is 37.7. The van der Waals surface area contributed by atoms with Gasteiger partial charge in [0, 0.05) is 19.3 Å². The molecule has 0 spiro atoms. The first kappa shape index (κ1) is 54.6. The summed E-state index contributed by atoms with van der Waals surface area (Å²) in [6.45, 7) is 6.53. The van der Waals surface area contributed by atoms with Crippen LogP contribution < -0.4 is 0 Å². The zero-order valence-electron chi connectivity index (χ0n) is 37.9. The number of esters is 3. The van der Waals surface area contributed by atoms with Crippen molar-refractivity contribution in [2.75, 3.05) is 13.2 Å². The van der Waals surface area contributed by atoms with Gasteiger partial charge in [0.15, 0.2) is 6.10 Å². The highest BCUT2D eigenvalue weighted by molar-refractivity contribution is 5.71.